The summed E-state index contributed by atoms with van der Waals surface area (Å²) in [6, 6.07) is 47.1. The minimum Gasteiger partial charge on any atom is -0.398 e. The Balaban J connectivity index is 1.44. The fraction of sp³-hybridized carbons (Fsp3) is 0.0238. The molecule has 0 spiro atoms. The zero-order chi connectivity index (χ0) is 32.1. The third-order valence-corrected chi connectivity index (χ3v) is 9.40. The molecule has 0 aliphatic heterocycles. The summed E-state index contributed by atoms with van der Waals surface area (Å²) in [7, 11) is 0. The molecule has 2 aromatic heterocycles. The molecule has 0 aliphatic rings. The first-order chi connectivity index (χ1) is 23.0. The van der Waals surface area contributed by atoms with E-state index in [2.05, 4.69) is 95.9 Å². The molecule has 8 rings (SSSR count). The Kier molecular flexibility index (Phi) is 7.29. The number of para-hydroxylation sites is 1. The molecule has 3 nitrogen and oxygen atoms in total. The number of hydrogen-bond acceptors (Lipinski definition) is 2. The first-order valence-electron chi connectivity index (χ1n) is 15.5. The lowest BCUT2D eigenvalue weighted by molar-refractivity contribution is 0.877. The van der Waals surface area contributed by atoms with E-state index in [-0.39, 0.29) is 0 Å². The van der Waals surface area contributed by atoms with Gasteiger partial charge in [0.1, 0.15) is 6.04 Å². The Morgan fingerprint density at radius 3 is 2.06 bits per heavy atom. The van der Waals surface area contributed by atoms with Crippen LogP contribution in [0.2, 0.25) is 10.0 Å². The third kappa shape index (κ3) is 4.96. The summed E-state index contributed by atoms with van der Waals surface area (Å²) in [5, 5.41) is 5.98. The van der Waals surface area contributed by atoms with Crippen molar-refractivity contribution in [2.75, 3.05) is 5.73 Å². The second-order valence-corrected chi connectivity index (χ2v) is 12.5. The van der Waals surface area contributed by atoms with Gasteiger partial charge in [0.15, 0.2) is 0 Å². The number of allylic oxidation sites excluding steroid dienone is 1. The quantitative estimate of drug-likeness (QED) is 0.109. The smallest absolute Gasteiger partial charge is 0.101 e. The molecule has 0 saturated carbocycles. The van der Waals surface area contributed by atoms with Crippen molar-refractivity contribution < 1.29 is 0 Å². The van der Waals surface area contributed by atoms with Crippen LogP contribution in [0, 0.1) is 0 Å². The molecular formula is C42H29Cl2N3. The van der Waals surface area contributed by atoms with Crippen LogP contribution in [-0.4, -0.2) is 10.1 Å². The summed E-state index contributed by atoms with van der Waals surface area (Å²) >= 11 is 13.0. The van der Waals surface area contributed by atoms with Crippen LogP contribution in [-0.2, 0) is 0 Å². The van der Waals surface area contributed by atoms with E-state index in [1.807, 2.05) is 54.6 Å². The molecule has 0 bridgehead atoms. The predicted octanol–water partition coefficient (Wildman–Crippen LogP) is 11.7. The molecule has 0 fully saturated rings. The average molecular weight is 647 g/mol. The van der Waals surface area contributed by atoms with Crippen LogP contribution in [0.3, 0.4) is 0 Å². The van der Waals surface area contributed by atoms with Crippen molar-refractivity contribution in [1.29, 1.82) is 0 Å². The molecule has 2 heterocycles. The second-order valence-electron chi connectivity index (χ2n) is 11.7. The number of halogens is 2. The molecule has 226 valence electrons. The summed E-state index contributed by atoms with van der Waals surface area (Å²) in [4.78, 5) is 5.34. The van der Waals surface area contributed by atoms with Gasteiger partial charge in [-0.3, -0.25) is 4.99 Å². The Bertz CT molecular complexity index is 2540. The zero-order valence-corrected chi connectivity index (χ0v) is 26.9. The maximum absolute atomic E-state index is 6.94. The highest BCUT2D eigenvalue weighted by Crippen LogP contribution is 2.44. The number of rotatable bonds is 6. The predicted molar refractivity (Wildman–Crippen MR) is 201 cm³/mol. The first-order valence-corrected chi connectivity index (χ1v) is 16.2. The first kappa shape index (κ1) is 29.1. The largest absolute Gasteiger partial charge is 0.398 e. The average Bonchev–Trinajstić information content (AvgIpc) is 3.49. The van der Waals surface area contributed by atoms with Crippen molar-refractivity contribution in [1.82, 2.24) is 4.40 Å². The summed E-state index contributed by atoms with van der Waals surface area (Å²) in [5.74, 6) is 0. The van der Waals surface area contributed by atoms with Crippen LogP contribution in [0.15, 0.2) is 157 Å². The summed E-state index contributed by atoms with van der Waals surface area (Å²) in [6.45, 7) is 4.11. The highest BCUT2D eigenvalue weighted by atomic mass is 35.5. The topological polar surface area (TPSA) is 42.8 Å². The van der Waals surface area contributed by atoms with Gasteiger partial charge in [0.05, 0.1) is 22.3 Å². The maximum atomic E-state index is 6.94. The fourth-order valence-corrected chi connectivity index (χ4v) is 7.28. The monoisotopic (exact) mass is 645 g/mol. The molecule has 0 amide bonds. The van der Waals surface area contributed by atoms with E-state index in [9.17, 15) is 0 Å². The number of fused-ring (bicyclic) bond motifs is 8. The van der Waals surface area contributed by atoms with Crippen molar-refractivity contribution in [2.24, 2.45) is 4.99 Å². The van der Waals surface area contributed by atoms with Gasteiger partial charge in [-0.15, -0.1) is 0 Å². The molecular weight excluding hydrogens is 617 g/mol. The number of nitrogen functional groups attached to an aromatic ring is 1. The van der Waals surface area contributed by atoms with E-state index >= 15 is 0 Å². The number of aromatic nitrogens is 1. The normalized spacial score (nSPS) is 12.7. The lowest BCUT2D eigenvalue weighted by Gasteiger charge is -2.21. The van der Waals surface area contributed by atoms with Gasteiger partial charge in [-0.25, -0.2) is 0 Å². The van der Waals surface area contributed by atoms with Crippen LogP contribution >= 0.6 is 23.2 Å². The molecule has 6 aromatic carbocycles. The van der Waals surface area contributed by atoms with Crippen LogP contribution in [0.1, 0.15) is 22.7 Å². The van der Waals surface area contributed by atoms with E-state index < -0.39 is 6.04 Å². The van der Waals surface area contributed by atoms with E-state index in [0.717, 1.165) is 55.5 Å². The van der Waals surface area contributed by atoms with Crippen LogP contribution in [0.4, 0.5) is 5.69 Å². The highest BCUT2D eigenvalue weighted by Gasteiger charge is 2.23. The zero-order valence-electron chi connectivity index (χ0n) is 25.4. The molecule has 0 radical (unpaired) electrons. The van der Waals surface area contributed by atoms with Crippen molar-refractivity contribution in [2.45, 2.75) is 6.04 Å². The number of nitrogens with zero attached hydrogens (tertiary/aromatic N) is 2. The van der Waals surface area contributed by atoms with Gasteiger partial charge in [0.2, 0.25) is 0 Å². The maximum Gasteiger partial charge on any atom is 0.101 e. The van der Waals surface area contributed by atoms with Gasteiger partial charge >= 0.3 is 0 Å². The Morgan fingerprint density at radius 2 is 1.30 bits per heavy atom. The van der Waals surface area contributed by atoms with E-state index in [4.69, 9.17) is 33.9 Å². The van der Waals surface area contributed by atoms with Gasteiger partial charge in [0, 0.05) is 43.0 Å². The van der Waals surface area contributed by atoms with Crippen LogP contribution in [0.5, 0.6) is 0 Å². The van der Waals surface area contributed by atoms with Crippen LogP contribution in [0.25, 0.3) is 49.2 Å². The minimum atomic E-state index is -0.412. The standard InChI is InChI=1S/C42H29Cl2N3/c1-2-37(26-11-9-13-28(43)23-26)46-42(27-12-10-14-29(44)24-27)34-19-6-5-18-33(34)41-35-25-40-32-17-4-3-15-30(32)31-16-7-8-20-38(31)47(40)39(35)22-21-36(41)45/h2-25,42H,1,45H2. The molecule has 0 aliphatic carbocycles. The Labute approximate surface area is 282 Å². The molecule has 2 N–H and O–H groups in total. The number of pyridine rings is 1. The van der Waals surface area contributed by atoms with Gasteiger partial charge < -0.3 is 10.1 Å². The Morgan fingerprint density at radius 1 is 0.638 bits per heavy atom. The van der Waals surface area contributed by atoms with Gasteiger partial charge in [-0.05, 0) is 76.7 Å². The number of anilines is 1. The van der Waals surface area contributed by atoms with Crippen molar-refractivity contribution in [3.05, 3.63) is 179 Å². The lowest BCUT2D eigenvalue weighted by Crippen LogP contribution is -2.06. The molecule has 47 heavy (non-hydrogen) atoms. The highest BCUT2D eigenvalue weighted by molar-refractivity contribution is 6.31. The van der Waals surface area contributed by atoms with Gasteiger partial charge in [0.25, 0.3) is 0 Å². The van der Waals surface area contributed by atoms with E-state index in [1.54, 1.807) is 6.08 Å². The molecule has 0 saturated heterocycles. The van der Waals surface area contributed by atoms with Crippen molar-refractivity contribution >= 4 is 72.7 Å². The number of nitrogens with two attached hydrogens (primary N) is 1. The van der Waals surface area contributed by atoms with Gasteiger partial charge in [-0.1, -0.05) is 121 Å². The molecule has 8 aromatic rings. The summed E-state index contributed by atoms with van der Waals surface area (Å²) < 4.78 is 2.36. The van der Waals surface area contributed by atoms with Crippen LogP contribution < -0.4 is 5.73 Å². The molecule has 5 heteroatoms. The van der Waals surface area contributed by atoms with Gasteiger partial charge in [-0.2, -0.15) is 0 Å². The number of aliphatic imine (C=N–C) groups is 1. The van der Waals surface area contributed by atoms with Crippen molar-refractivity contribution in [3.8, 4) is 11.1 Å². The molecule has 1 atom stereocenters. The van der Waals surface area contributed by atoms with E-state index in [1.165, 1.54) is 16.2 Å². The minimum absolute atomic E-state index is 0.412. The van der Waals surface area contributed by atoms with Crippen molar-refractivity contribution in [3.63, 3.8) is 0 Å². The summed E-state index contributed by atoms with van der Waals surface area (Å²) in [6.07, 6.45) is 1.78. The lowest BCUT2D eigenvalue weighted by atomic mass is 9.89. The molecule has 1 unspecified atom stereocenters. The third-order valence-electron chi connectivity index (χ3n) is 8.93. The number of hydrogen-bond donors (Lipinski definition) is 1. The fourth-order valence-electron chi connectivity index (χ4n) is 6.89. The summed E-state index contributed by atoms with van der Waals surface area (Å²) in [5.41, 5.74) is 16.6. The second kappa shape index (κ2) is 11.8. The number of benzene rings is 6. The SMILES string of the molecule is C=CC(=NC(c1cccc(Cl)c1)c1ccccc1-c1c(N)ccc2c1cc1c3ccccc3c3ccccc3n21)c1cccc(Cl)c1. The Hall–Kier alpha value is -5.35. The van der Waals surface area contributed by atoms with E-state index in [0.29, 0.717) is 15.7 Å².